The SMILES string of the molecule is c1ccc(-n2c3ccccc3c3cc(-c4ccc5c(c4)c4cc(-c6ccc7sc8ccccc8c7c6)ccc4n5-c4ccccc4)ccc32)cc1. The van der Waals surface area contributed by atoms with Gasteiger partial charge in [-0.15, -0.1) is 11.3 Å². The lowest BCUT2D eigenvalue weighted by molar-refractivity contribution is 1.18. The third kappa shape index (κ3) is 4.35. The van der Waals surface area contributed by atoms with Crippen LogP contribution < -0.4 is 0 Å². The van der Waals surface area contributed by atoms with E-state index in [2.05, 4.69) is 191 Å². The van der Waals surface area contributed by atoms with Gasteiger partial charge in [0.1, 0.15) is 0 Å². The zero-order valence-corrected chi connectivity index (χ0v) is 28.4. The van der Waals surface area contributed by atoms with Crippen LogP contribution in [-0.4, -0.2) is 9.13 Å². The summed E-state index contributed by atoms with van der Waals surface area (Å²) in [6, 6.07) is 66.7. The number of nitrogens with zero attached hydrogens (tertiary/aromatic N) is 2. The third-order valence-electron chi connectivity index (χ3n) is 10.5. The molecule has 8 aromatic carbocycles. The van der Waals surface area contributed by atoms with Crippen LogP contribution in [0.25, 0.3) is 97.4 Å². The molecule has 0 atom stereocenters. The van der Waals surface area contributed by atoms with E-state index < -0.39 is 0 Å². The van der Waals surface area contributed by atoms with Gasteiger partial charge in [0.15, 0.2) is 0 Å². The number of fused-ring (bicyclic) bond motifs is 9. The number of hydrogen-bond acceptors (Lipinski definition) is 1. The smallest absolute Gasteiger partial charge is 0.0541 e. The Kier molecular flexibility index (Phi) is 6.16. The normalized spacial score (nSPS) is 11.9. The second-order valence-electron chi connectivity index (χ2n) is 13.4. The molecule has 3 heterocycles. The van der Waals surface area contributed by atoms with Gasteiger partial charge in [-0.3, -0.25) is 0 Å². The molecule has 238 valence electrons. The van der Waals surface area contributed by atoms with Crippen LogP contribution >= 0.6 is 11.3 Å². The zero-order chi connectivity index (χ0) is 33.5. The Labute approximate surface area is 298 Å². The Morgan fingerprint density at radius 2 is 0.667 bits per heavy atom. The van der Waals surface area contributed by atoms with Gasteiger partial charge in [0.2, 0.25) is 0 Å². The van der Waals surface area contributed by atoms with Crippen LogP contribution in [0.5, 0.6) is 0 Å². The van der Waals surface area contributed by atoms with Crippen molar-refractivity contribution < 1.29 is 0 Å². The molecule has 0 spiro atoms. The van der Waals surface area contributed by atoms with Crippen molar-refractivity contribution in [2.45, 2.75) is 0 Å². The summed E-state index contributed by atoms with van der Waals surface area (Å²) in [6.07, 6.45) is 0. The minimum Gasteiger partial charge on any atom is -0.309 e. The van der Waals surface area contributed by atoms with E-state index >= 15 is 0 Å². The lowest BCUT2D eigenvalue weighted by atomic mass is 9.98. The van der Waals surface area contributed by atoms with E-state index in [1.165, 1.54) is 97.4 Å². The number of hydrogen-bond donors (Lipinski definition) is 0. The van der Waals surface area contributed by atoms with Crippen molar-refractivity contribution in [1.29, 1.82) is 0 Å². The molecule has 11 rings (SSSR count). The van der Waals surface area contributed by atoms with Gasteiger partial charge >= 0.3 is 0 Å². The van der Waals surface area contributed by atoms with E-state index in [-0.39, 0.29) is 0 Å². The van der Waals surface area contributed by atoms with Gasteiger partial charge in [-0.2, -0.15) is 0 Å². The van der Waals surface area contributed by atoms with Crippen LogP contribution in [0.2, 0.25) is 0 Å². The van der Waals surface area contributed by atoms with Crippen LogP contribution in [0.4, 0.5) is 0 Å². The molecule has 51 heavy (non-hydrogen) atoms. The van der Waals surface area contributed by atoms with Crippen molar-refractivity contribution in [3.8, 4) is 33.6 Å². The first-order chi connectivity index (χ1) is 25.3. The summed E-state index contributed by atoms with van der Waals surface area (Å²) in [4.78, 5) is 0. The fraction of sp³-hybridized carbons (Fsp3) is 0. The third-order valence-corrected chi connectivity index (χ3v) is 11.7. The largest absolute Gasteiger partial charge is 0.309 e. The molecule has 3 heteroatoms. The molecule has 2 nitrogen and oxygen atoms in total. The second-order valence-corrected chi connectivity index (χ2v) is 14.4. The molecule has 11 aromatic rings. The van der Waals surface area contributed by atoms with E-state index in [1.807, 2.05) is 11.3 Å². The molecule has 0 bridgehead atoms. The van der Waals surface area contributed by atoms with Crippen molar-refractivity contribution in [3.63, 3.8) is 0 Å². The molecule has 0 saturated carbocycles. The average molecular weight is 667 g/mol. The van der Waals surface area contributed by atoms with Crippen molar-refractivity contribution >= 4 is 75.1 Å². The van der Waals surface area contributed by atoms with Gasteiger partial charge in [0.25, 0.3) is 0 Å². The maximum atomic E-state index is 2.41. The molecule has 0 aliphatic carbocycles. The zero-order valence-electron chi connectivity index (χ0n) is 27.6. The Morgan fingerprint density at radius 1 is 0.275 bits per heavy atom. The highest BCUT2D eigenvalue weighted by molar-refractivity contribution is 7.25. The minimum absolute atomic E-state index is 1.17. The molecular formula is C48H30N2S. The van der Waals surface area contributed by atoms with Gasteiger partial charge < -0.3 is 9.13 Å². The summed E-state index contributed by atoms with van der Waals surface area (Å²) in [5.74, 6) is 0. The number of aromatic nitrogens is 2. The van der Waals surface area contributed by atoms with Gasteiger partial charge in [-0.25, -0.2) is 0 Å². The highest BCUT2D eigenvalue weighted by Crippen LogP contribution is 2.41. The number of thiophene rings is 1. The minimum atomic E-state index is 1.17. The summed E-state index contributed by atoms with van der Waals surface area (Å²) in [5.41, 5.74) is 12.1. The van der Waals surface area contributed by atoms with Crippen molar-refractivity contribution in [1.82, 2.24) is 9.13 Å². The molecule has 0 aliphatic rings. The van der Waals surface area contributed by atoms with E-state index in [4.69, 9.17) is 0 Å². The first-order valence-electron chi connectivity index (χ1n) is 17.4. The maximum absolute atomic E-state index is 2.41. The molecule has 0 amide bonds. The molecule has 0 unspecified atom stereocenters. The Morgan fingerprint density at radius 3 is 1.24 bits per heavy atom. The van der Waals surface area contributed by atoms with Gasteiger partial charge in [0.05, 0.1) is 22.1 Å². The van der Waals surface area contributed by atoms with Crippen molar-refractivity contribution in [2.75, 3.05) is 0 Å². The highest BCUT2D eigenvalue weighted by atomic mass is 32.1. The van der Waals surface area contributed by atoms with Gasteiger partial charge in [-0.1, -0.05) is 97.1 Å². The summed E-state index contributed by atoms with van der Waals surface area (Å²) in [6.45, 7) is 0. The monoisotopic (exact) mass is 666 g/mol. The van der Waals surface area contributed by atoms with E-state index in [0.717, 1.165) is 0 Å². The Hall–Kier alpha value is -6.42. The van der Waals surface area contributed by atoms with Crippen LogP contribution in [0.15, 0.2) is 182 Å². The quantitative estimate of drug-likeness (QED) is 0.177. The summed E-state index contributed by atoms with van der Waals surface area (Å²) < 4.78 is 7.45. The number of para-hydroxylation sites is 3. The topological polar surface area (TPSA) is 9.86 Å². The summed E-state index contributed by atoms with van der Waals surface area (Å²) in [7, 11) is 0. The number of rotatable bonds is 4. The molecule has 0 saturated heterocycles. The van der Waals surface area contributed by atoms with Gasteiger partial charge in [-0.05, 0) is 107 Å². The Balaban J connectivity index is 1.12. The lowest BCUT2D eigenvalue weighted by Gasteiger charge is -2.09. The van der Waals surface area contributed by atoms with Crippen LogP contribution in [-0.2, 0) is 0 Å². The molecular weight excluding hydrogens is 637 g/mol. The average Bonchev–Trinajstić information content (AvgIpc) is 3.85. The summed E-state index contributed by atoms with van der Waals surface area (Å²) >= 11 is 1.87. The standard InChI is InChI=1S/C48H30N2S/c1-3-11-35(12-4-1)49-43-17-9-7-15-37(43)39-27-31(19-23-44(39)49)32-20-24-45-40(28-32)41-29-33(21-25-46(41)50(45)36-13-5-2-6-14-36)34-22-26-48-42(30-34)38-16-8-10-18-47(38)51-48/h1-30H. The van der Waals surface area contributed by atoms with E-state index in [1.54, 1.807) is 0 Å². The fourth-order valence-corrected chi connectivity index (χ4v) is 9.24. The highest BCUT2D eigenvalue weighted by Gasteiger charge is 2.17. The van der Waals surface area contributed by atoms with Crippen LogP contribution in [0, 0.1) is 0 Å². The predicted molar refractivity (Wildman–Crippen MR) is 219 cm³/mol. The molecule has 0 N–H and O–H groups in total. The summed E-state index contributed by atoms with van der Waals surface area (Å²) in [5, 5.41) is 7.69. The van der Waals surface area contributed by atoms with Crippen LogP contribution in [0.3, 0.4) is 0 Å². The van der Waals surface area contributed by atoms with Crippen molar-refractivity contribution in [3.05, 3.63) is 182 Å². The molecule has 0 radical (unpaired) electrons. The van der Waals surface area contributed by atoms with Crippen LogP contribution in [0.1, 0.15) is 0 Å². The first-order valence-corrected chi connectivity index (χ1v) is 18.2. The van der Waals surface area contributed by atoms with E-state index in [0.29, 0.717) is 0 Å². The fourth-order valence-electron chi connectivity index (χ4n) is 8.15. The first kappa shape index (κ1) is 28.4. The Bertz CT molecular complexity index is 3130. The van der Waals surface area contributed by atoms with Crippen molar-refractivity contribution in [2.24, 2.45) is 0 Å². The predicted octanol–water partition coefficient (Wildman–Crippen LogP) is 13.6. The second kappa shape index (κ2) is 11.0. The van der Waals surface area contributed by atoms with E-state index in [9.17, 15) is 0 Å². The molecule has 0 aliphatic heterocycles. The molecule has 3 aromatic heterocycles. The maximum Gasteiger partial charge on any atom is 0.0541 e. The number of benzene rings is 8. The molecule has 0 fully saturated rings. The van der Waals surface area contributed by atoms with Gasteiger partial charge in [0, 0.05) is 53.1 Å². The lowest BCUT2D eigenvalue weighted by Crippen LogP contribution is -1.93.